The number of alkyl halides is 1. The summed E-state index contributed by atoms with van der Waals surface area (Å²) in [5, 5.41) is 3.90. The van der Waals surface area contributed by atoms with E-state index in [1.165, 1.54) is 6.26 Å². The number of sulfone groups is 1. The minimum atomic E-state index is -2.93. The Morgan fingerprint density at radius 2 is 2.20 bits per heavy atom. The highest BCUT2D eigenvalue weighted by atomic mass is 32.2. The predicted octanol–water partition coefficient (Wildman–Crippen LogP) is 1.25. The van der Waals surface area contributed by atoms with Gasteiger partial charge >= 0.3 is 0 Å². The molecule has 7 heteroatoms. The van der Waals surface area contributed by atoms with Gasteiger partial charge in [0, 0.05) is 24.6 Å². The van der Waals surface area contributed by atoms with E-state index in [0.29, 0.717) is 6.42 Å². The number of likely N-dealkylation sites (tertiary alicyclic amines) is 1. The Morgan fingerprint density at radius 1 is 1.40 bits per heavy atom. The lowest BCUT2D eigenvalue weighted by Crippen LogP contribution is -2.26. The van der Waals surface area contributed by atoms with Crippen LogP contribution in [0.2, 0.25) is 0 Å². The van der Waals surface area contributed by atoms with Gasteiger partial charge in [-0.25, -0.2) is 12.8 Å². The third-order valence-electron chi connectivity index (χ3n) is 3.78. The summed E-state index contributed by atoms with van der Waals surface area (Å²) in [6, 6.07) is 0. The van der Waals surface area contributed by atoms with Crippen molar-refractivity contribution in [3.63, 3.8) is 0 Å². The van der Waals surface area contributed by atoms with Crippen LogP contribution in [0.3, 0.4) is 0 Å². The minimum Gasteiger partial charge on any atom is -0.299 e. The summed E-state index contributed by atoms with van der Waals surface area (Å²) < 4.78 is 37.1. The number of nitrogens with zero attached hydrogens (tertiary/aromatic N) is 3. The first-order valence-corrected chi connectivity index (χ1v) is 8.93. The van der Waals surface area contributed by atoms with Crippen molar-refractivity contribution in [1.29, 1.82) is 0 Å². The Labute approximate surface area is 119 Å². The maximum atomic E-state index is 12.2. The molecule has 20 heavy (non-hydrogen) atoms. The fraction of sp³-hybridized carbons (Fsp3) is 0.769. The van der Waals surface area contributed by atoms with Crippen LogP contribution >= 0.6 is 0 Å². The van der Waals surface area contributed by atoms with Crippen molar-refractivity contribution in [2.45, 2.75) is 37.6 Å². The molecule has 0 saturated carbocycles. The molecular formula is C13H22FN3O2S. The Hall–Kier alpha value is -0.950. The van der Waals surface area contributed by atoms with Crippen LogP contribution in [-0.2, 0) is 22.9 Å². The van der Waals surface area contributed by atoms with Crippen molar-refractivity contribution in [3.05, 3.63) is 18.0 Å². The van der Waals surface area contributed by atoms with Crippen LogP contribution in [0, 0.1) is 0 Å². The van der Waals surface area contributed by atoms with E-state index < -0.39 is 16.5 Å². The van der Waals surface area contributed by atoms with Crippen LogP contribution < -0.4 is 0 Å². The molecule has 1 atom stereocenters. The smallest absolute Gasteiger partial charge is 0.150 e. The highest BCUT2D eigenvalue weighted by Gasteiger charge is 2.24. The fourth-order valence-electron chi connectivity index (χ4n) is 2.67. The van der Waals surface area contributed by atoms with Gasteiger partial charge in [-0.3, -0.25) is 9.58 Å². The van der Waals surface area contributed by atoms with Crippen LogP contribution in [0.4, 0.5) is 4.39 Å². The van der Waals surface area contributed by atoms with Crippen molar-refractivity contribution < 1.29 is 12.8 Å². The highest BCUT2D eigenvalue weighted by Crippen LogP contribution is 2.18. The summed E-state index contributed by atoms with van der Waals surface area (Å²) in [5.74, 6) is 0. The van der Waals surface area contributed by atoms with E-state index in [2.05, 4.69) is 10.00 Å². The molecule has 1 unspecified atom stereocenters. The van der Waals surface area contributed by atoms with Crippen molar-refractivity contribution >= 4 is 9.84 Å². The molecule has 0 aliphatic carbocycles. The first-order chi connectivity index (χ1) is 9.49. The van der Waals surface area contributed by atoms with Gasteiger partial charge < -0.3 is 0 Å². The van der Waals surface area contributed by atoms with Gasteiger partial charge in [0.2, 0.25) is 0 Å². The Balaban J connectivity index is 1.90. The van der Waals surface area contributed by atoms with E-state index in [9.17, 15) is 12.8 Å². The van der Waals surface area contributed by atoms with E-state index >= 15 is 0 Å². The molecule has 1 saturated heterocycles. The summed E-state index contributed by atoms with van der Waals surface area (Å²) in [5.41, 5.74) is 1.05. The molecule has 0 radical (unpaired) electrons. The van der Waals surface area contributed by atoms with Crippen LogP contribution in [-0.4, -0.2) is 54.4 Å². The van der Waals surface area contributed by atoms with Gasteiger partial charge in [-0.15, -0.1) is 0 Å². The molecule has 5 nitrogen and oxygen atoms in total. The van der Waals surface area contributed by atoms with Gasteiger partial charge in [0.15, 0.2) is 0 Å². The van der Waals surface area contributed by atoms with E-state index in [0.717, 1.165) is 38.0 Å². The quantitative estimate of drug-likeness (QED) is 0.821. The zero-order valence-electron chi connectivity index (χ0n) is 11.8. The number of halogens is 1. The topological polar surface area (TPSA) is 55.2 Å². The van der Waals surface area contributed by atoms with Gasteiger partial charge in [0.05, 0.1) is 18.0 Å². The van der Waals surface area contributed by atoms with Crippen molar-refractivity contribution in [2.75, 3.05) is 26.0 Å². The van der Waals surface area contributed by atoms with Crippen LogP contribution in [0.5, 0.6) is 0 Å². The van der Waals surface area contributed by atoms with Crippen LogP contribution in [0.1, 0.15) is 24.8 Å². The monoisotopic (exact) mass is 303 g/mol. The second kappa shape index (κ2) is 6.67. The molecule has 0 spiro atoms. The highest BCUT2D eigenvalue weighted by molar-refractivity contribution is 7.91. The number of hydrogen-bond donors (Lipinski definition) is 0. The lowest BCUT2D eigenvalue weighted by atomic mass is 10.2. The molecule has 1 aliphatic rings. The van der Waals surface area contributed by atoms with Gasteiger partial charge in [-0.2, -0.15) is 5.10 Å². The van der Waals surface area contributed by atoms with Gasteiger partial charge in [0.25, 0.3) is 0 Å². The lowest BCUT2D eigenvalue weighted by molar-refractivity contribution is 0.277. The van der Waals surface area contributed by atoms with E-state index in [-0.39, 0.29) is 11.8 Å². The summed E-state index contributed by atoms with van der Waals surface area (Å²) in [6.45, 7) is 2.31. The number of rotatable bonds is 5. The van der Waals surface area contributed by atoms with E-state index in [4.69, 9.17) is 0 Å². The molecule has 0 N–H and O–H groups in total. The van der Waals surface area contributed by atoms with E-state index in [1.807, 2.05) is 6.20 Å². The predicted molar refractivity (Wildman–Crippen MR) is 76.0 cm³/mol. The van der Waals surface area contributed by atoms with Crippen molar-refractivity contribution in [2.24, 2.45) is 0 Å². The Kier molecular flexibility index (Phi) is 5.15. The van der Waals surface area contributed by atoms with E-state index in [1.54, 1.807) is 10.9 Å². The SMILES string of the molecule is CS(=O)(=O)C1CCCN(Cc2cnn(CCF)c2)CC1. The number of hydrogen-bond acceptors (Lipinski definition) is 4. The minimum absolute atomic E-state index is 0.207. The second-order valence-electron chi connectivity index (χ2n) is 5.46. The standard InChI is InChI=1S/C13H22FN3O2S/c1-20(18,19)13-3-2-6-16(7-4-13)10-12-9-15-17(11-12)8-5-14/h9,11,13H,2-8,10H2,1H3. The van der Waals surface area contributed by atoms with Crippen molar-refractivity contribution in [1.82, 2.24) is 14.7 Å². The molecule has 0 bridgehead atoms. The Morgan fingerprint density at radius 3 is 2.90 bits per heavy atom. The lowest BCUT2D eigenvalue weighted by Gasteiger charge is -2.18. The molecule has 1 aliphatic heterocycles. The first-order valence-electron chi connectivity index (χ1n) is 6.97. The Bertz CT molecular complexity index is 529. The normalized spacial score (nSPS) is 21.8. The fourth-order valence-corrected chi connectivity index (χ4v) is 3.80. The molecule has 1 aromatic rings. The maximum absolute atomic E-state index is 12.2. The second-order valence-corrected chi connectivity index (χ2v) is 7.78. The summed E-state index contributed by atoms with van der Waals surface area (Å²) in [6.07, 6.45) is 7.28. The summed E-state index contributed by atoms with van der Waals surface area (Å²) in [7, 11) is -2.93. The third-order valence-corrected chi connectivity index (χ3v) is 5.46. The average Bonchev–Trinajstić information content (AvgIpc) is 2.65. The molecule has 0 aromatic carbocycles. The zero-order chi connectivity index (χ0) is 14.6. The maximum Gasteiger partial charge on any atom is 0.150 e. The molecule has 2 rings (SSSR count). The number of aryl methyl sites for hydroxylation is 1. The van der Waals surface area contributed by atoms with Crippen LogP contribution in [0.15, 0.2) is 12.4 Å². The summed E-state index contributed by atoms with van der Waals surface area (Å²) in [4.78, 5) is 2.25. The van der Waals surface area contributed by atoms with Crippen LogP contribution in [0.25, 0.3) is 0 Å². The van der Waals surface area contributed by atoms with Gasteiger partial charge in [-0.05, 0) is 32.4 Å². The molecular weight excluding hydrogens is 281 g/mol. The summed E-state index contributed by atoms with van der Waals surface area (Å²) >= 11 is 0. The van der Waals surface area contributed by atoms with Gasteiger partial charge in [0.1, 0.15) is 16.5 Å². The average molecular weight is 303 g/mol. The largest absolute Gasteiger partial charge is 0.299 e. The third kappa shape index (κ3) is 4.28. The molecule has 2 heterocycles. The number of aromatic nitrogens is 2. The van der Waals surface area contributed by atoms with Gasteiger partial charge in [-0.1, -0.05) is 0 Å². The molecule has 114 valence electrons. The first kappa shape index (κ1) is 15.4. The van der Waals surface area contributed by atoms with Crippen molar-refractivity contribution in [3.8, 4) is 0 Å². The molecule has 1 aromatic heterocycles. The molecule has 1 fully saturated rings. The zero-order valence-corrected chi connectivity index (χ0v) is 12.6. The molecule has 0 amide bonds.